The first-order chi connectivity index (χ1) is 9.11. The third-order valence-electron chi connectivity index (χ3n) is 2.80. The number of aliphatic carboxylic acids is 1. The van der Waals surface area contributed by atoms with Crippen LogP contribution in [0.4, 0.5) is 0 Å². The maximum Gasteiger partial charge on any atom is 0.307 e. The molecule has 19 heavy (non-hydrogen) atoms. The van der Waals surface area contributed by atoms with E-state index in [-0.39, 0.29) is 6.42 Å². The van der Waals surface area contributed by atoms with Gasteiger partial charge in [0.2, 0.25) is 0 Å². The number of hydrogen-bond acceptors (Lipinski definition) is 2. The number of rotatable bonds is 4. The van der Waals surface area contributed by atoms with Crippen LogP contribution >= 0.6 is 11.6 Å². The summed E-state index contributed by atoms with van der Waals surface area (Å²) in [6.45, 7) is 0. The lowest BCUT2D eigenvalue weighted by Gasteiger charge is -2.12. The van der Waals surface area contributed by atoms with Gasteiger partial charge in [-0.25, -0.2) is 0 Å². The fourth-order valence-electron chi connectivity index (χ4n) is 1.95. The van der Waals surface area contributed by atoms with Gasteiger partial charge in [-0.2, -0.15) is 0 Å². The summed E-state index contributed by atoms with van der Waals surface area (Å²) in [7, 11) is 1.53. The molecule has 0 bridgehead atoms. The van der Waals surface area contributed by atoms with Gasteiger partial charge >= 0.3 is 5.97 Å². The van der Waals surface area contributed by atoms with E-state index in [2.05, 4.69) is 0 Å². The van der Waals surface area contributed by atoms with Crippen LogP contribution in [-0.4, -0.2) is 18.2 Å². The van der Waals surface area contributed by atoms with Crippen LogP contribution in [0.2, 0.25) is 5.02 Å². The summed E-state index contributed by atoms with van der Waals surface area (Å²) < 4.78 is 5.19. The van der Waals surface area contributed by atoms with Gasteiger partial charge in [-0.1, -0.05) is 41.9 Å². The molecule has 2 aromatic carbocycles. The van der Waals surface area contributed by atoms with Crippen molar-refractivity contribution in [3.05, 3.63) is 53.1 Å². The predicted octanol–water partition coefficient (Wildman–Crippen LogP) is 3.64. The van der Waals surface area contributed by atoms with E-state index in [1.165, 1.54) is 7.11 Å². The topological polar surface area (TPSA) is 46.5 Å². The SMILES string of the molecule is COc1cc(-c2ccccc2)c(CC(=O)O)cc1Cl. The molecule has 2 rings (SSSR count). The molecule has 0 heterocycles. The molecule has 2 aromatic rings. The van der Waals surface area contributed by atoms with E-state index in [1.54, 1.807) is 12.1 Å². The highest BCUT2D eigenvalue weighted by Crippen LogP contribution is 2.34. The van der Waals surface area contributed by atoms with Gasteiger partial charge in [-0.15, -0.1) is 0 Å². The largest absolute Gasteiger partial charge is 0.495 e. The minimum Gasteiger partial charge on any atom is -0.495 e. The molecule has 1 N–H and O–H groups in total. The molecule has 0 fully saturated rings. The van der Waals surface area contributed by atoms with Crippen molar-refractivity contribution < 1.29 is 14.6 Å². The fraction of sp³-hybridized carbons (Fsp3) is 0.133. The number of carbonyl (C=O) groups is 1. The number of carboxylic acids is 1. The van der Waals surface area contributed by atoms with Gasteiger partial charge in [0.15, 0.2) is 0 Å². The number of hydrogen-bond donors (Lipinski definition) is 1. The molecule has 0 aliphatic rings. The van der Waals surface area contributed by atoms with E-state index in [0.717, 1.165) is 11.1 Å². The van der Waals surface area contributed by atoms with Crippen LogP contribution in [0.5, 0.6) is 5.75 Å². The number of halogens is 1. The minimum absolute atomic E-state index is 0.0755. The van der Waals surface area contributed by atoms with Gasteiger partial charge in [0.1, 0.15) is 5.75 Å². The summed E-state index contributed by atoms with van der Waals surface area (Å²) in [5, 5.41) is 9.40. The highest BCUT2D eigenvalue weighted by atomic mass is 35.5. The molecular formula is C15H13ClO3. The second-order valence-corrected chi connectivity index (χ2v) is 4.49. The monoisotopic (exact) mass is 276 g/mol. The van der Waals surface area contributed by atoms with Crippen LogP contribution in [0.25, 0.3) is 11.1 Å². The Bertz CT molecular complexity index is 594. The van der Waals surface area contributed by atoms with E-state index in [1.807, 2.05) is 30.3 Å². The van der Waals surface area contributed by atoms with E-state index in [4.69, 9.17) is 21.4 Å². The number of benzene rings is 2. The molecule has 0 amide bonds. The summed E-state index contributed by atoms with van der Waals surface area (Å²) in [5.74, 6) is -0.354. The van der Waals surface area contributed by atoms with Crippen molar-refractivity contribution >= 4 is 17.6 Å². The molecule has 0 saturated carbocycles. The van der Waals surface area contributed by atoms with Crippen LogP contribution < -0.4 is 4.74 Å². The van der Waals surface area contributed by atoms with Crippen molar-refractivity contribution in [2.24, 2.45) is 0 Å². The standard InChI is InChI=1S/C15H13ClO3/c1-19-14-9-12(10-5-3-2-4-6-10)11(7-13(14)16)8-15(17)18/h2-7,9H,8H2,1H3,(H,17,18). The van der Waals surface area contributed by atoms with Crippen LogP contribution in [0.3, 0.4) is 0 Å². The lowest BCUT2D eigenvalue weighted by atomic mass is 9.97. The van der Waals surface area contributed by atoms with Crippen molar-refractivity contribution in [3.8, 4) is 16.9 Å². The summed E-state index contributed by atoms with van der Waals surface area (Å²) >= 11 is 6.05. The van der Waals surface area contributed by atoms with Gasteiger partial charge < -0.3 is 9.84 Å². The Balaban J connectivity index is 2.58. The summed E-state index contributed by atoms with van der Waals surface area (Å²) in [6, 6.07) is 13.0. The van der Waals surface area contributed by atoms with Gasteiger partial charge in [0, 0.05) is 0 Å². The van der Waals surface area contributed by atoms with Crippen LogP contribution in [-0.2, 0) is 11.2 Å². The van der Waals surface area contributed by atoms with E-state index < -0.39 is 5.97 Å². The number of methoxy groups -OCH3 is 1. The molecule has 0 atom stereocenters. The van der Waals surface area contributed by atoms with Crippen molar-refractivity contribution in [1.29, 1.82) is 0 Å². The molecule has 0 saturated heterocycles. The average molecular weight is 277 g/mol. The van der Waals surface area contributed by atoms with Gasteiger partial charge in [-0.05, 0) is 28.8 Å². The normalized spacial score (nSPS) is 10.2. The molecule has 4 heteroatoms. The van der Waals surface area contributed by atoms with Crippen molar-refractivity contribution in [2.75, 3.05) is 7.11 Å². The molecular weight excluding hydrogens is 264 g/mol. The molecule has 0 unspecified atom stereocenters. The van der Waals surface area contributed by atoms with Crippen molar-refractivity contribution in [1.82, 2.24) is 0 Å². The van der Waals surface area contributed by atoms with E-state index >= 15 is 0 Å². The molecule has 0 radical (unpaired) electrons. The van der Waals surface area contributed by atoms with Crippen molar-refractivity contribution in [2.45, 2.75) is 6.42 Å². The predicted molar refractivity (Wildman–Crippen MR) is 74.8 cm³/mol. The quantitative estimate of drug-likeness (QED) is 0.927. The van der Waals surface area contributed by atoms with Crippen molar-refractivity contribution in [3.63, 3.8) is 0 Å². The van der Waals surface area contributed by atoms with Gasteiger partial charge in [0.25, 0.3) is 0 Å². The molecule has 3 nitrogen and oxygen atoms in total. The maximum atomic E-state index is 10.9. The minimum atomic E-state index is -0.890. The number of ether oxygens (including phenoxy) is 1. The van der Waals surface area contributed by atoms with Crippen LogP contribution in [0.1, 0.15) is 5.56 Å². The first-order valence-corrected chi connectivity index (χ1v) is 6.13. The third kappa shape index (κ3) is 3.06. The lowest BCUT2D eigenvalue weighted by Crippen LogP contribution is -2.02. The smallest absolute Gasteiger partial charge is 0.307 e. The Hall–Kier alpha value is -2.00. The first kappa shape index (κ1) is 13.4. The highest BCUT2D eigenvalue weighted by molar-refractivity contribution is 6.32. The molecule has 0 aliphatic heterocycles. The molecule has 0 spiro atoms. The number of carboxylic acid groups (broad SMARTS) is 1. The summed E-state index contributed by atoms with van der Waals surface area (Å²) in [5.41, 5.74) is 2.43. The summed E-state index contributed by atoms with van der Waals surface area (Å²) in [6.07, 6.45) is -0.0755. The second kappa shape index (κ2) is 5.76. The Kier molecular flexibility index (Phi) is 4.07. The third-order valence-corrected chi connectivity index (χ3v) is 3.10. The Morgan fingerprint density at radius 1 is 1.26 bits per heavy atom. The Labute approximate surface area is 116 Å². The molecule has 98 valence electrons. The van der Waals surface area contributed by atoms with E-state index in [0.29, 0.717) is 16.3 Å². The zero-order valence-electron chi connectivity index (χ0n) is 10.4. The Morgan fingerprint density at radius 3 is 2.53 bits per heavy atom. The van der Waals surface area contributed by atoms with Gasteiger partial charge in [-0.3, -0.25) is 4.79 Å². The first-order valence-electron chi connectivity index (χ1n) is 5.75. The second-order valence-electron chi connectivity index (χ2n) is 4.08. The Morgan fingerprint density at radius 2 is 1.95 bits per heavy atom. The van der Waals surface area contributed by atoms with Gasteiger partial charge in [0.05, 0.1) is 18.6 Å². The molecule has 0 aromatic heterocycles. The lowest BCUT2D eigenvalue weighted by molar-refractivity contribution is -0.136. The average Bonchev–Trinajstić information content (AvgIpc) is 2.39. The van der Waals surface area contributed by atoms with E-state index in [9.17, 15) is 4.79 Å². The highest BCUT2D eigenvalue weighted by Gasteiger charge is 2.13. The zero-order valence-corrected chi connectivity index (χ0v) is 11.1. The molecule has 0 aliphatic carbocycles. The maximum absolute atomic E-state index is 10.9. The van der Waals surface area contributed by atoms with Crippen LogP contribution in [0.15, 0.2) is 42.5 Å². The van der Waals surface area contributed by atoms with Crippen LogP contribution in [0, 0.1) is 0 Å². The zero-order chi connectivity index (χ0) is 13.8. The fourth-order valence-corrected chi connectivity index (χ4v) is 2.21. The summed E-state index contributed by atoms with van der Waals surface area (Å²) in [4.78, 5) is 10.9.